The zero-order valence-electron chi connectivity index (χ0n) is 15.4. The molecule has 0 N–H and O–H groups in total. The molecule has 5 nitrogen and oxygen atoms in total. The van der Waals surface area contributed by atoms with E-state index in [1.54, 1.807) is 13.0 Å². The first-order valence-electron chi connectivity index (χ1n) is 8.64. The van der Waals surface area contributed by atoms with Gasteiger partial charge in [0.15, 0.2) is 0 Å². The summed E-state index contributed by atoms with van der Waals surface area (Å²) >= 11 is 0. The molecule has 1 saturated heterocycles. The van der Waals surface area contributed by atoms with Crippen molar-refractivity contribution in [1.29, 1.82) is 0 Å². The number of hydrogen-bond donors (Lipinski definition) is 0. The van der Waals surface area contributed by atoms with Gasteiger partial charge in [-0.25, -0.2) is 9.69 Å². The smallest absolute Gasteiger partial charge is 0.417 e. The van der Waals surface area contributed by atoms with Crippen molar-refractivity contribution in [3.05, 3.63) is 72.0 Å². The summed E-state index contributed by atoms with van der Waals surface area (Å²) in [4.78, 5) is 26.5. The number of carbonyl (C=O) groups excluding carboxylic acids is 2. The fraction of sp³-hybridized carbons (Fsp3) is 0.333. The molecular formula is C21H25NO4. The summed E-state index contributed by atoms with van der Waals surface area (Å²) in [6.45, 7) is 11.9. The SMILES string of the molecule is C=C/C(C)=C(/CC(=C)OCC)C(=O)N1C(=O)OCC1Cc1ccccc1. The third kappa shape index (κ3) is 4.63. The molecule has 1 atom stereocenters. The Bertz CT molecular complexity index is 721. The van der Waals surface area contributed by atoms with Crippen molar-refractivity contribution < 1.29 is 19.1 Å². The average Bonchev–Trinajstić information content (AvgIpc) is 3.00. The third-order valence-electron chi connectivity index (χ3n) is 4.26. The summed E-state index contributed by atoms with van der Waals surface area (Å²) in [5.74, 6) is 0.0934. The molecule has 0 spiro atoms. The van der Waals surface area contributed by atoms with E-state index in [4.69, 9.17) is 9.47 Å². The highest BCUT2D eigenvalue weighted by Gasteiger charge is 2.39. The number of cyclic esters (lactones) is 1. The van der Waals surface area contributed by atoms with Crippen LogP contribution in [0, 0.1) is 0 Å². The lowest BCUT2D eigenvalue weighted by Crippen LogP contribution is -2.41. The number of ether oxygens (including phenoxy) is 2. The lowest BCUT2D eigenvalue weighted by atomic mass is 10.0. The molecular weight excluding hydrogens is 330 g/mol. The van der Waals surface area contributed by atoms with E-state index in [9.17, 15) is 9.59 Å². The van der Waals surface area contributed by atoms with Gasteiger partial charge in [-0.1, -0.05) is 49.6 Å². The van der Waals surface area contributed by atoms with Crippen LogP contribution in [0.25, 0.3) is 0 Å². The van der Waals surface area contributed by atoms with Gasteiger partial charge in [0.05, 0.1) is 18.4 Å². The average molecular weight is 355 g/mol. The third-order valence-corrected chi connectivity index (χ3v) is 4.26. The largest absolute Gasteiger partial charge is 0.498 e. The maximum absolute atomic E-state index is 13.1. The van der Waals surface area contributed by atoms with Gasteiger partial charge in [-0.05, 0) is 31.4 Å². The zero-order chi connectivity index (χ0) is 19.1. The minimum absolute atomic E-state index is 0.187. The molecule has 26 heavy (non-hydrogen) atoms. The molecule has 0 bridgehead atoms. The van der Waals surface area contributed by atoms with Gasteiger partial charge in [0.25, 0.3) is 5.91 Å². The number of imide groups is 1. The number of amides is 2. The van der Waals surface area contributed by atoms with E-state index in [1.165, 1.54) is 4.90 Å². The fourth-order valence-electron chi connectivity index (χ4n) is 2.85. The van der Waals surface area contributed by atoms with Gasteiger partial charge >= 0.3 is 6.09 Å². The van der Waals surface area contributed by atoms with E-state index in [-0.39, 0.29) is 25.0 Å². The van der Waals surface area contributed by atoms with Crippen molar-refractivity contribution in [2.45, 2.75) is 32.7 Å². The van der Waals surface area contributed by atoms with Gasteiger partial charge in [0, 0.05) is 12.0 Å². The number of nitrogens with zero attached hydrogens (tertiary/aromatic N) is 1. The van der Waals surface area contributed by atoms with Gasteiger partial charge in [0.2, 0.25) is 0 Å². The topological polar surface area (TPSA) is 55.8 Å². The summed E-state index contributed by atoms with van der Waals surface area (Å²) in [6.07, 6.45) is 1.75. The first-order valence-corrected chi connectivity index (χ1v) is 8.64. The van der Waals surface area contributed by atoms with Crippen LogP contribution in [-0.2, 0) is 20.7 Å². The molecule has 1 aliphatic heterocycles. The van der Waals surface area contributed by atoms with Crippen LogP contribution in [-0.4, -0.2) is 36.2 Å². The molecule has 0 saturated carbocycles. The van der Waals surface area contributed by atoms with E-state index >= 15 is 0 Å². The van der Waals surface area contributed by atoms with E-state index in [2.05, 4.69) is 13.2 Å². The predicted octanol–water partition coefficient (Wildman–Crippen LogP) is 4.02. The standard InChI is InChI=1S/C21H25NO4/c1-5-15(3)19(12-16(4)25-6-2)20(23)22-18(14-26-21(22)24)13-17-10-8-7-9-11-17/h5,7-11,18H,1,4,6,12-14H2,2-3H3/b19-15-. The maximum atomic E-state index is 13.1. The highest BCUT2D eigenvalue weighted by atomic mass is 16.6. The number of carbonyl (C=O) groups is 2. The minimum atomic E-state index is -0.618. The van der Waals surface area contributed by atoms with Gasteiger partial charge in [-0.3, -0.25) is 4.79 Å². The Morgan fingerprint density at radius 1 is 1.38 bits per heavy atom. The summed E-state index contributed by atoms with van der Waals surface area (Å²) < 4.78 is 10.5. The van der Waals surface area contributed by atoms with Crippen LogP contribution < -0.4 is 0 Å². The highest BCUT2D eigenvalue weighted by molar-refractivity contribution is 6.04. The summed E-state index contributed by atoms with van der Waals surface area (Å²) in [6, 6.07) is 9.38. The molecule has 0 radical (unpaired) electrons. The summed E-state index contributed by atoms with van der Waals surface area (Å²) in [5, 5.41) is 0. The van der Waals surface area contributed by atoms with Crippen LogP contribution in [0.4, 0.5) is 4.79 Å². The molecule has 1 unspecified atom stereocenters. The predicted molar refractivity (Wildman–Crippen MR) is 100 cm³/mol. The van der Waals surface area contributed by atoms with Crippen molar-refractivity contribution >= 4 is 12.0 Å². The molecule has 2 amide bonds. The summed E-state index contributed by atoms with van der Waals surface area (Å²) in [5.41, 5.74) is 2.17. The van der Waals surface area contributed by atoms with Crippen LogP contribution in [0.15, 0.2) is 66.5 Å². The van der Waals surface area contributed by atoms with Gasteiger partial charge in [-0.2, -0.15) is 0 Å². The maximum Gasteiger partial charge on any atom is 0.417 e. The molecule has 1 fully saturated rings. The van der Waals surface area contributed by atoms with Crippen LogP contribution in [0.1, 0.15) is 25.8 Å². The van der Waals surface area contributed by atoms with Gasteiger partial charge in [-0.15, -0.1) is 0 Å². The van der Waals surface area contributed by atoms with Crippen LogP contribution in [0.3, 0.4) is 0 Å². The lowest BCUT2D eigenvalue weighted by Gasteiger charge is -2.22. The summed E-state index contributed by atoms with van der Waals surface area (Å²) in [7, 11) is 0. The van der Waals surface area contributed by atoms with Crippen molar-refractivity contribution in [2.75, 3.05) is 13.2 Å². The molecule has 5 heteroatoms. The lowest BCUT2D eigenvalue weighted by molar-refractivity contribution is -0.125. The van der Waals surface area contributed by atoms with E-state index in [0.29, 0.717) is 29.9 Å². The van der Waals surface area contributed by atoms with Crippen molar-refractivity contribution in [3.8, 4) is 0 Å². The fourth-order valence-corrected chi connectivity index (χ4v) is 2.85. The Labute approximate surface area is 154 Å². The van der Waals surface area contributed by atoms with Crippen molar-refractivity contribution in [1.82, 2.24) is 4.90 Å². The highest BCUT2D eigenvalue weighted by Crippen LogP contribution is 2.24. The second kappa shape index (κ2) is 9.04. The second-order valence-electron chi connectivity index (χ2n) is 6.11. The number of allylic oxidation sites excluding steroid dienone is 3. The van der Waals surface area contributed by atoms with Gasteiger partial charge in [0.1, 0.15) is 6.61 Å². The second-order valence-corrected chi connectivity index (χ2v) is 6.11. The van der Waals surface area contributed by atoms with Crippen LogP contribution >= 0.6 is 0 Å². The number of rotatable bonds is 8. The Morgan fingerprint density at radius 2 is 2.08 bits per heavy atom. The Kier molecular flexibility index (Phi) is 6.78. The Balaban J connectivity index is 2.25. The molecule has 0 aromatic heterocycles. The molecule has 1 aliphatic rings. The van der Waals surface area contributed by atoms with E-state index in [1.807, 2.05) is 37.3 Å². The normalized spacial score (nSPS) is 17.4. The monoisotopic (exact) mass is 355 g/mol. The molecule has 1 heterocycles. The minimum Gasteiger partial charge on any atom is -0.498 e. The van der Waals surface area contributed by atoms with E-state index in [0.717, 1.165) is 5.56 Å². The van der Waals surface area contributed by atoms with Crippen molar-refractivity contribution in [3.63, 3.8) is 0 Å². The van der Waals surface area contributed by atoms with Crippen LogP contribution in [0.2, 0.25) is 0 Å². The first kappa shape index (κ1) is 19.5. The molecule has 138 valence electrons. The molecule has 1 aromatic carbocycles. The zero-order valence-corrected chi connectivity index (χ0v) is 15.4. The van der Waals surface area contributed by atoms with Crippen molar-refractivity contribution in [2.24, 2.45) is 0 Å². The number of benzene rings is 1. The molecule has 0 aliphatic carbocycles. The molecule has 2 rings (SSSR count). The van der Waals surface area contributed by atoms with Gasteiger partial charge < -0.3 is 9.47 Å². The molecule has 1 aromatic rings. The quantitative estimate of drug-likeness (QED) is 0.401. The Morgan fingerprint density at radius 3 is 2.69 bits per heavy atom. The van der Waals surface area contributed by atoms with E-state index < -0.39 is 6.09 Å². The van der Waals surface area contributed by atoms with Crippen LogP contribution in [0.5, 0.6) is 0 Å². The first-order chi connectivity index (χ1) is 12.5. The number of hydrogen-bond acceptors (Lipinski definition) is 4. The Hall–Kier alpha value is -2.82.